The molecule has 3 unspecified atom stereocenters. The Hall–Kier alpha value is -1.47. The lowest BCUT2D eigenvalue weighted by molar-refractivity contribution is -0.126. The van der Waals surface area contributed by atoms with Crippen molar-refractivity contribution in [1.29, 1.82) is 0 Å². The average molecular weight is 392 g/mol. The maximum Gasteiger partial charge on any atom is 0.237 e. The van der Waals surface area contributed by atoms with Crippen molar-refractivity contribution in [3.8, 4) is 0 Å². The topological polar surface area (TPSA) is 84.8 Å². The highest BCUT2D eigenvalue weighted by Gasteiger charge is 2.35. The number of nitrogens with zero attached hydrogens (tertiary/aromatic N) is 1. The minimum absolute atomic E-state index is 0.0947. The molecule has 0 spiro atoms. The second-order valence-corrected chi connectivity index (χ2v) is 7.81. The van der Waals surface area contributed by atoms with Crippen LogP contribution in [0, 0.1) is 0 Å². The summed E-state index contributed by atoms with van der Waals surface area (Å²) in [6, 6.07) is 8.11. The van der Waals surface area contributed by atoms with E-state index in [1.165, 1.54) is 11.1 Å². The first-order chi connectivity index (χ1) is 13.5. The van der Waals surface area contributed by atoms with Crippen molar-refractivity contribution in [3.63, 3.8) is 0 Å². The van der Waals surface area contributed by atoms with E-state index in [0.717, 1.165) is 32.2 Å². The van der Waals surface area contributed by atoms with Gasteiger partial charge in [0.1, 0.15) is 0 Å². The fourth-order valence-electron chi connectivity index (χ4n) is 3.72. The van der Waals surface area contributed by atoms with E-state index in [4.69, 9.17) is 0 Å². The number of likely N-dealkylation sites (tertiary alicyclic amines) is 1. The second kappa shape index (κ2) is 12.2. The van der Waals surface area contributed by atoms with Gasteiger partial charge in [-0.05, 0) is 36.9 Å². The number of aliphatic hydroxyl groups is 2. The number of aliphatic hydroxyl groups excluding tert-OH is 2. The number of hydrogen-bond donors (Lipinski definition) is 4. The minimum atomic E-state index is -0.641. The summed E-state index contributed by atoms with van der Waals surface area (Å²) in [4.78, 5) is 14.6. The second-order valence-electron chi connectivity index (χ2n) is 7.81. The van der Waals surface area contributed by atoms with Gasteiger partial charge in [0.05, 0.1) is 18.2 Å². The molecule has 0 bridgehead atoms. The van der Waals surface area contributed by atoms with Crippen LogP contribution in [0.25, 0.3) is 0 Å². The van der Waals surface area contributed by atoms with Gasteiger partial charge in [-0.25, -0.2) is 0 Å². The van der Waals surface area contributed by atoms with Crippen molar-refractivity contribution < 1.29 is 15.0 Å². The molecule has 1 amide bonds. The molecule has 1 saturated heterocycles. The van der Waals surface area contributed by atoms with Crippen LogP contribution in [0.2, 0.25) is 0 Å². The van der Waals surface area contributed by atoms with Gasteiger partial charge in [-0.1, -0.05) is 51.0 Å². The van der Waals surface area contributed by atoms with Gasteiger partial charge in [0.25, 0.3) is 0 Å². The van der Waals surface area contributed by atoms with Crippen molar-refractivity contribution in [2.75, 3.05) is 26.2 Å². The van der Waals surface area contributed by atoms with E-state index < -0.39 is 12.2 Å². The van der Waals surface area contributed by atoms with Gasteiger partial charge in [-0.3, -0.25) is 9.69 Å². The van der Waals surface area contributed by atoms with Gasteiger partial charge in [-0.15, -0.1) is 0 Å². The molecule has 6 heteroatoms. The standard InChI is InChI=1S/C22H37N3O3/c1-3-5-6-10-25-16-19(26)12-21(25)22(28)24-15-20(27)14-23-13-18-9-7-8-17(4-2)11-18/h7-9,11,19-21,23,26-27H,3-6,10,12-16H2,1-2H3,(H,24,28). The van der Waals surface area contributed by atoms with Crippen LogP contribution < -0.4 is 10.6 Å². The Morgan fingerprint density at radius 3 is 2.79 bits per heavy atom. The zero-order valence-corrected chi connectivity index (χ0v) is 17.4. The maximum absolute atomic E-state index is 12.5. The Morgan fingerprint density at radius 2 is 2.04 bits per heavy atom. The van der Waals surface area contributed by atoms with Crippen molar-refractivity contribution in [2.24, 2.45) is 0 Å². The molecular formula is C22H37N3O3. The maximum atomic E-state index is 12.5. The highest BCUT2D eigenvalue weighted by atomic mass is 16.3. The molecule has 1 aromatic carbocycles. The van der Waals surface area contributed by atoms with Crippen LogP contribution in [0.1, 0.15) is 50.7 Å². The van der Waals surface area contributed by atoms with Gasteiger partial charge in [0.2, 0.25) is 5.91 Å². The van der Waals surface area contributed by atoms with Gasteiger partial charge in [-0.2, -0.15) is 0 Å². The number of carbonyl (C=O) groups excluding carboxylic acids is 1. The molecule has 6 nitrogen and oxygen atoms in total. The van der Waals surface area contributed by atoms with Crippen molar-refractivity contribution in [3.05, 3.63) is 35.4 Å². The van der Waals surface area contributed by atoms with Crippen LogP contribution in [0.3, 0.4) is 0 Å². The molecular weight excluding hydrogens is 354 g/mol. The lowest BCUT2D eigenvalue weighted by atomic mass is 10.1. The predicted octanol–water partition coefficient (Wildman–Crippen LogP) is 1.44. The van der Waals surface area contributed by atoms with Crippen LogP contribution in [-0.2, 0) is 17.8 Å². The van der Waals surface area contributed by atoms with Crippen LogP contribution in [0.5, 0.6) is 0 Å². The van der Waals surface area contributed by atoms with E-state index in [9.17, 15) is 15.0 Å². The summed E-state index contributed by atoms with van der Waals surface area (Å²) in [7, 11) is 0. The van der Waals surface area contributed by atoms with Crippen LogP contribution in [0.15, 0.2) is 24.3 Å². The summed E-state index contributed by atoms with van der Waals surface area (Å²) in [5.41, 5.74) is 2.49. The summed E-state index contributed by atoms with van der Waals surface area (Å²) < 4.78 is 0. The largest absolute Gasteiger partial charge is 0.392 e. The summed E-state index contributed by atoms with van der Waals surface area (Å²) >= 11 is 0. The smallest absolute Gasteiger partial charge is 0.237 e. The number of rotatable bonds is 12. The molecule has 1 aromatic rings. The number of unbranched alkanes of at least 4 members (excludes halogenated alkanes) is 2. The van der Waals surface area contributed by atoms with Gasteiger partial charge < -0.3 is 20.8 Å². The molecule has 1 aliphatic rings. The summed E-state index contributed by atoms with van der Waals surface area (Å²) in [6.07, 6.45) is 3.70. The molecule has 28 heavy (non-hydrogen) atoms. The average Bonchev–Trinajstić information content (AvgIpc) is 3.07. The molecule has 0 aliphatic carbocycles. The number of amides is 1. The van der Waals surface area contributed by atoms with Gasteiger partial charge >= 0.3 is 0 Å². The first-order valence-corrected chi connectivity index (χ1v) is 10.7. The molecule has 0 saturated carbocycles. The molecule has 0 radical (unpaired) electrons. The normalized spacial score (nSPS) is 21.0. The number of hydrogen-bond acceptors (Lipinski definition) is 5. The zero-order valence-electron chi connectivity index (χ0n) is 17.4. The highest BCUT2D eigenvalue weighted by molar-refractivity contribution is 5.82. The molecule has 0 aromatic heterocycles. The van der Waals surface area contributed by atoms with Crippen LogP contribution in [-0.4, -0.2) is 65.4 Å². The van der Waals surface area contributed by atoms with Crippen molar-refractivity contribution >= 4 is 5.91 Å². The predicted molar refractivity (Wildman–Crippen MR) is 112 cm³/mol. The van der Waals surface area contributed by atoms with E-state index in [1.807, 2.05) is 0 Å². The number of nitrogens with one attached hydrogen (secondary N) is 2. The van der Waals surface area contributed by atoms with E-state index in [2.05, 4.69) is 53.6 Å². The zero-order chi connectivity index (χ0) is 20.4. The molecule has 1 aliphatic heterocycles. The first kappa shape index (κ1) is 22.8. The Labute approximate surface area is 169 Å². The number of benzene rings is 1. The van der Waals surface area contributed by atoms with E-state index in [0.29, 0.717) is 26.1 Å². The van der Waals surface area contributed by atoms with Crippen molar-refractivity contribution in [2.45, 2.75) is 70.7 Å². The molecule has 4 N–H and O–H groups in total. The Bertz CT molecular complexity index is 596. The summed E-state index contributed by atoms with van der Waals surface area (Å²) in [5.74, 6) is -0.0947. The van der Waals surface area contributed by atoms with Gasteiger partial charge in [0.15, 0.2) is 0 Å². The van der Waals surface area contributed by atoms with Gasteiger partial charge in [0, 0.05) is 26.2 Å². The molecule has 1 heterocycles. The molecule has 3 atom stereocenters. The SMILES string of the molecule is CCCCCN1CC(O)CC1C(=O)NCC(O)CNCc1cccc(CC)c1. The van der Waals surface area contributed by atoms with E-state index in [1.54, 1.807) is 0 Å². The Morgan fingerprint density at radius 1 is 1.25 bits per heavy atom. The van der Waals surface area contributed by atoms with Crippen molar-refractivity contribution in [1.82, 2.24) is 15.5 Å². The van der Waals surface area contributed by atoms with E-state index in [-0.39, 0.29) is 18.5 Å². The Balaban J connectivity index is 1.69. The number of aryl methyl sites for hydroxylation is 1. The van der Waals surface area contributed by atoms with Crippen LogP contribution in [0.4, 0.5) is 0 Å². The lowest BCUT2D eigenvalue weighted by Crippen LogP contribution is -2.46. The quantitative estimate of drug-likeness (QED) is 0.405. The van der Waals surface area contributed by atoms with E-state index >= 15 is 0 Å². The Kier molecular flexibility index (Phi) is 9.92. The number of β-amino-alcohol motifs (C(OH)–C–C–N with tert-alkyl or cyclic N) is 1. The fraction of sp³-hybridized carbons (Fsp3) is 0.682. The minimum Gasteiger partial charge on any atom is -0.392 e. The monoisotopic (exact) mass is 391 g/mol. The molecule has 158 valence electrons. The van der Waals surface area contributed by atoms with Crippen LogP contribution >= 0.6 is 0 Å². The highest BCUT2D eigenvalue weighted by Crippen LogP contribution is 2.19. The molecule has 2 rings (SSSR count). The summed E-state index contributed by atoms with van der Waals surface area (Å²) in [5, 5.41) is 26.2. The number of carbonyl (C=O) groups is 1. The third-order valence-electron chi connectivity index (χ3n) is 5.35. The lowest BCUT2D eigenvalue weighted by Gasteiger charge is -2.24. The first-order valence-electron chi connectivity index (χ1n) is 10.7. The third kappa shape index (κ3) is 7.51. The summed E-state index contributed by atoms with van der Waals surface area (Å²) in [6.45, 7) is 7.01. The molecule has 1 fully saturated rings. The third-order valence-corrected chi connectivity index (χ3v) is 5.35. The fourth-order valence-corrected chi connectivity index (χ4v) is 3.72.